The highest BCUT2D eigenvalue weighted by Crippen LogP contribution is 2.36. The number of aryl methyl sites for hydroxylation is 3. The molecule has 0 aromatic heterocycles. The Balaban J connectivity index is 2.08. The molecule has 0 spiro atoms. The van der Waals surface area contributed by atoms with Crippen LogP contribution in [0.2, 0.25) is 0 Å². The topological polar surface area (TPSA) is 0 Å². The average Bonchev–Trinajstić information content (AvgIpc) is 2.69. The van der Waals surface area contributed by atoms with Gasteiger partial charge in [0.2, 0.25) is 0 Å². The molecule has 0 nitrogen and oxygen atoms in total. The fourth-order valence-corrected chi connectivity index (χ4v) is 3.57. The predicted octanol–water partition coefficient (Wildman–Crippen LogP) is 5.47. The Hall–Kier alpha value is -1.34. The molecular weight excluding hydrogens is 296 g/mol. The SMILES string of the molecule is Cc1cc(C)c(C2=Cc3ccc(Br)cc3C2)c(C)c1. The van der Waals surface area contributed by atoms with Gasteiger partial charge in [-0.3, -0.25) is 0 Å². The molecule has 19 heavy (non-hydrogen) atoms. The van der Waals surface area contributed by atoms with Crippen molar-refractivity contribution in [3.8, 4) is 0 Å². The molecule has 0 aliphatic heterocycles. The van der Waals surface area contributed by atoms with Crippen molar-refractivity contribution >= 4 is 27.6 Å². The molecule has 0 amide bonds. The minimum absolute atomic E-state index is 1.04. The van der Waals surface area contributed by atoms with Crippen molar-refractivity contribution in [3.05, 3.63) is 68.2 Å². The summed E-state index contributed by atoms with van der Waals surface area (Å²) in [5, 5.41) is 0. The molecule has 96 valence electrons. The molecule has 1 aliphatic rings. The standard InChI is InChI=1S/C18H17Br/c1-11-6-12(2)18(13(3)7-11)16-8-14-4-5-17(19)10-15(14)9-16/h4-8,10H,9H2,1-3H3. The van der Waals surface area contributed by atoms with E-state index in [0.29, 0.717) is 0 Å². The maximum absolute atomic E-state index is 3.56. The van der Waals surface area contributed by atoms with Gasteiger partial charge in [0, 0.05) is 4.47 Å². The van der Waals surface area contributed by atoms with Crippen LogP contribution in [0.1, 0.15) is 33.4 Å². The second-order valence-corrected chi connectivity index (χ2v) is 6.38. The van der Waals surface area contributed by atoms with Gasteiger partial charge in [-0.2, -0.15) is 0 Å². The van der Waals surface area contributed by atoms with E-state index in [1.165, 1.54) is 43.4 Å². The normalized spacial score (nSPS) is 13.4. The minimum atomic E-state index is 1.04. The van der Waals surface area contributed by atoms with Gasteiger partial charge >= 0.3 is 0 Å². The summed E-state index contributed by atoms with van der Waals surface area (Å²) >= 11 is 3.56. The van der Waals surface area contributed by atoms with Crippen molar-refractivity contribution in [1.82, 2.24) is 0 Å². The van der Waals surface area contributed by atoms with E-state index < -0.39 is 0 Å². The van der Waals surface area contributed by atoms with E-state index in [4.69, 9.17) is 0 Å². The van der Waals surface area contributed by atoms with Crippen LogP contribution in [0.4, 0.5) is 0 Å². The van der Waals surface area contributed by atoms with E-state index in [-0.39, 0.29) is 0 Å². The number of halogens is 1. The Morgan fingerprint density at radius 2 is 1.63 bits per heavy atom. The van der Waals surface area contributed by atoms with Crippen LogP contribution in [-0.2, 0) is 6.42 Å². The third kappa shape index (κ3) is 2.28. The van der Waals surface area contributed by atoms with E-state index >= 15 is 0 Å². The first-order chi connectivity index (χ1) is 9.04. The lowest BCUT2D eigenvalue weighted by Crippen LogP contribution is -1.95. The molecule has 2 aromatic rings. The van der Waals surface area contributed by atoms with Crippen LogP contribution in [-0.4, -0.2) is 0 Å². The zero-order chi connectivity index (χ0) is 13.6. The lowest BCUT2D eigenvalue weighted by Gasteiger charge is -2.12. The summed E-state index contributed by atoms with van der Waals surface area (Å²) in [5.74, 6) is 0. The lowest BCUT2D eigenvalue weighted by molar-refractivity contribution is 1.24. The van der Waals surface area contributed by atoms with Crippen molar-refractivity contribution in [2.24, 2.45) is 0 Å². The van der Waals surface area contributed by atoms with Crippen LogP contribution >= 0.6 is 15.9 Å². The molecule has 0 saturated heterocycles. The van der Waals surface area contributed by atoms with Crippen molar-refractivity contribution in [3.63, 3.8) is 0 Å². The van der Waals surface area contributed by atoms with Crippen molar-refractivity contribution < 1.29 is 0 Å². The molecule has 0 radical (unpaired) electrons. The summed E-state index contributed by atoms with van der Waals surface area (Å²) in [4.78, 5) is 0. The fraction of sp³-hybridized carbons (Fsp3) is 0.222. The highest BCUT2D eigenvalue weighted by atomic mass is 79.9. The van der Waals surface area contributed by atoms with Crippen LogP contribution in [0.5, 0.6) is 0 Å². The van der Waals surface area contributed by atoms with E-state index in [9.17, 15) is 0 Å². The molecule has 0 saturated carbocycles. The molecule has 0 bridgehead atoms. The quantitative estimate of drug-likeness (QED) is 0.655. The predicted molar refractivity (Wildman–Crippen MR) is 86.4 cm³/mol. The molecule has 0 unspecified atom stereocenters. The summed E-state index contributed by atoms with van der Waals surface area (Å²) in [7, 11) is 0. The Kier molecular flexibility index (Phi) is 3.10. The number of hydrogen-bond donors (Lipinski definition) is 0. The molecule has 3 rings (SSSR count). The first-order valence-electron chi connectivity index (χ1n) is 6.62. The summed E-state index contributed by atoms with van der Waals surface area (Å²) < 4.78 is 1.17. The Labute approximate surface area is 123 Å². The van der Waals surface area contributed by atoms with Gasteiger partial charge in [0.25, 0.3) is 0 Å². The van der Waals surface area contributed by atoms with Gasteiger partial charge in [0.1, 0.15) is 0 Å². The molecule has 0 fully saturated rings. The fourth-order valence-electron chi connectivity index (χ4n) is 3.16. The molecule has 0 N–H and O–H groups in total. The van der Waals surface area contributed by atoms with E-state index in [2.05, 4.69) is 73.1 Å². The molecule has 0 atom stereocenters. The van der Waals surface area contributed by atoms with E-state index in [0.717, 1.165) is 6.42 Å². The number of benzene rings is 2. The number of allylic oxidation sites excluding steroid dienone is 1. The zero-order valence-corrected chi connectivity index (χ0v) is 13.1. The minimum Gasteiger partial charge on any atom is -0.0558 e. The van der Waals surface area contributed by atoms with Gasteiger partial charge in [0.05, 0.1) is 0 Å². The van der Waals surface area contributed by atoms with Gasteiger partial charge < -0.3 is 0 Å². The third-order valence-corrected chi connectivity index (χ3v) is 4.31. The van der Waals surface area contributed by atoms with E-state index in [1.807, 2.05) is 0 Å². The Morgan fingerprint density at radius 3 is 2.32 bits per heavy atom. The van der Waals surface area contributed by atoms with Gasteiger partial charge in [-0.15, -0.1) is 0 Å². The Bertz CT molecular complexity index is 670. The highest BCUT2D eigenvalue weighted by molar-refractivity contribution is 9.10. The number of fused-ring (bicyclic) bond motifs is 1. The van der Waals surface area contributed by atoms with Gasteiger partial charge in [0.15, 0.2) is 0 Å². The smallest absolute Gasteiger partial charge is 0.0178 e. The Morgan fingerprint density at radius 1 is 0.947 bits per heavy atom. The summed E-state index contributed by atoms with van der Waals surface area (Å²) in [6.07, 6.45) is 3.38. The zero-order valence-electron chi connectivity index (χ0n) is 11.5. The van der Waals surface area contributed by atoms with E-state index in [1.54, 1.807) is 0 Å². The molecule has 1 aliphatic carbocycles. The number of rotatable bonds is 1. The van der Waals surface area contributed by atoms with Gasteiger partial charge in [-0.1, -0.05) is 45.8 Å². The van der Waals surface area contributed by atoms with Crippen LogP contribution in [0.3, 0.4) is 0 Å². The molecule has 1 heteroatoms. The number of hydrogen-bond acceptors (Lipinski definition) is 0. The van der Waals surface area contributed by atoms with Crippen molar-refractivity contribution in [2.75, 3.05) is 0 Å². The first-order valence-corrected chi connectivity index (χ1v) is 7.41. The molecule has 2 aromatic carbocycles. The molecule has 0 heterocycles. The van der Waals surface area contributed by atoms with Crippen LogP contribution in [0.25, 0.3) is 11.6 Å². The maximum atomic E-state index is 3.56. The van der Waals surface area contributed by atoms with Crippen molar-refractivity contribution in [1.29, 1.82) is 0 Å². The average molecular weight is 313 g/mol. The van der Waals surface area contributed by atoms with Crippen LogP contribution in [0, 0.1) is 20.8 Å². The van der Waals surface area contributed by atoms with Gasteiger partial charge in [-0.25, -0.2) is 0 Å². The van der Waals surface area contributed by atoms with Crippen LogP contribution < -0.4 is 0 Å². The summed E-state index contributed by atoms with van der Waals surface area (Å²) in [6.45, 7) is 6.60. The highest BCUT2D eigenvalue weighted by Gasteiger charge is 2.17. The second-order valence-electron chi connectivity index (χ2n) is 5.46. The second kappa shape index (κ2) is 4.64. The maximum Gasteiger partial charge on any atom is 0.0178 e. The third-order valence-electron chi connectivity index (χ3n) is 3.81. The lowest BCUT2D eigenvalue weighted by atomic mass is 9.93. The largest absolute Gasteiger partial charge is 0.0558 e. The molecular formula is C18H17Br. The van der Waals surface area contributed by atoms with Crippen molar-refractivity contribution in [2.45, 2.75) is 27.2 Å². The monoisotopic (exact) mass is 312 g/mol. The summed E-state index contributed by atoms with van der Waals surface area (Å²) in [6, 6.07) is 11.1. The first kappa shape index (κ1) is 12.7. The summed E-state index contributed by atoms with van der Waals surface area (Å²) in [5.41, 5.74) is 9.77. The van der Waals surface area contributed by atoms with Gasteiger partial charge in [-0.05, 0) is 72.7 Å². The van der Waals surface area contributed by atoms with Crippen LogP contribution in [0.15, 0.2) is 34.8 Å².